The molecule has 0 aliphatic carbocycles. The number of azo groups is 1. The molecule has 30 nitrogen and oxygen atoms in total. The highest BCUT2D eigenvalue weighted by Gasteiger charge is 2.45. The molecule has 15 amide bonds. The zero-order valence-corrected chi connectivity index (χ0v) is 64.2. The lowest BCUT2D eigenvalue weighted by Gasteiger charge is -2.38. The Hall–Kier alpha value is -9.38. The van der Waals surface area contributed by atoms with Gasteiger partial charge in [0.2, 0.25) is 47.3 Å². The molecule has 2 aliphatic heterocycles. The molecule has 574 valence electrons. The van der Waals surface area contributed by atoms with E-state index >= 15 is 38.4 Å². The molecule has 2 aromatic rings. The van der Waals surface area contributed by atoms with Gasteiger partial charge in [-0.15, -0.1) is 10.0 Å². The number of likely N-dealkylation sites (tertiary alicyclic amines) is 1. The number of urea groups is 1. The average molecular weight is 1450 g/mol. The molecule has 6 unspecified atom stereocenters. The third kappa shape index (κ3) is 24.4. The highest BCUT2D eigenvalue weighted by molar-refractivity contribution is 6.10. The standard InChI is InChI=1S/C74H113N15O15/c1-43(2)37-53-69(98)87(18)57(40-46(7)8)70(99)83(14)54(38-44(3)4)63(92)78-61(73(102)85(16)56(41-50-29-23-20-24-30-50)62(91)75-48(11)66(95)89-35-27-22-28-36-89)65(94)77-60(47(9)10)72(101)82(13)49(12)67(96)86(17)58(42-51-31-25-21-26-32-51)71(100)84(15)55(39-45(5)6)64(93)80-79-52(33-34-59(90)81-104)68(97)88(19)74(103)76-53/h20-21,23-26,29-32,43-49,52-58,60-61H,22,27-28,33-42H2,1-19H3,(H,75,91)(H,76,103)(H,77,94)(H,78,92)/t48-,49?,52-,53?,54-,55-,56-,57?,58?,60?,61?/m0/s1. The van der Waals surface area contributed by atoms with Crippen molar-refractivity contribution in [3.8, 4) is 0 Å². The maximum Gasteiger partial charge on any atom is 0.324 e. The van der Waals surface area contributed by atoms with E-state index in [1.807, 2.05) is 0 Å². The second-order valence-corrected chi connectivity index (χ2v) is 29.6. The summed E-state index contributed by atoms with van der Waals surface area (Å²) in [6, 6.07) is -0.661. The highest BCUT2D eigenvalue weighted by atomic mass is 16.3. The fraction of sp³-hybridized carbons (Fsp3) is 0.649. The lowest BCUT2D eigenvalue weighted by Crippen LogP contribution is -2.65. The number of hydrogen-bond donors (Lipinski definition) is 4. The van der Waals surface area contributed by atoms with Gasteiger partial charge in [0.25, 0.3) is 29.5 Å². The van der Waals surface area contributed by atoms with E-state index in [0.717, 1.165) is 55.7 Å². The van der Waals surface area contributed by atoms with Crippen LogP contribution in [0.5, 0.6) is 0 Å². The molecule has 30 heteroatoms. The number of hydrogen-bond acceptors (Lipinski definition) is 16. The molecule has 2 heterocycles. The van der Waals surface area contributed by atoms with Crippen LogP contribution in [0, 0.1) is 34.5 Å². The number of nitrogens with one attached hydrogen (secondary N) is 4. The van der Waals surface area contributed by atoms with Gasteiger partial charge >= 0.3 is 6.03 Å². The van der Waals surface area contributed by atoms with Crippen LogP contribution in [0.4, 0.5) is 4.79 Å². The Kier molecular flexibility index (Phi) is 34.0. The van der Waals surface area contributed by atoms with Crippen molar-refractivity contribution in [2.24, 2.45) is 45.0 Å². The minimum atomic E-state index is -2.28. The second-order valence-electron chi connectivity index (χ2n) is 29.6. The van der Waals surface area contributed by atoms with E-state index in [0.29, 0.717) is 29.1 Å². The highest BCUT2D eigenvalue weighted by Crippen LogP contribution is 2.25. The number of rotatable bonds is 21. The van der Waals surface area contributed by atoms with Crippen LogP contribution in [0.25, 0.3) is 0 Å². The predicted molar refractivity (Wildman–Crippen MR) is 389 cm³/mol. The van der Waals surface area contributed by atoms with Crippen molar-refractivity contribution < 1.29 is 67.1 Å². The Morgan fingerprint density at radius 2 is 1.07 bits per heavy atom. The molecule has 0 aromatic heterocycles. The van der Waals surface area contributed by atoms with Crippen LogP contribution >= 0.6 is 0 Å². The summed E-state index contributed by atoms with van der Waals surface area (Å²) in [6.45, 7) is 21.2. The molecule has 104 heavy (non-hydrogen) atoms. The first-order chi connectivity index (χ1) is 48.7. The molecule has 4 N–H and O–H groups in total. The van der Waals surface area contributed by atoms with Gasteiger partial charge in [0.15, 0.2) is 12.1 Å². The van der Waals surface area contributed by atoms with E-state index < -0.39 is 162 Å². The van der Waals surface area contributed by atoms with E-state index in [4.69, 9.17) is 0 Å². The Morgan fingerprint density at radius 1 is 0.567 bits per heavy atom. The van der Waals surface area contributed by atoms with Gasteiger partial charge in [-0.05, 0) is 106 Å². The van der Waals surface area contributed by atoms with Gasteiger partial charge < -0.3 is 55.6 Å². The minimum absolute atomic E-state index is 0.0147. The van der Waals surface area contributed by atoms with Gasteiger partial charge in [0, 0.05) is 86.9 Å². The number of benzene rings is 2. The molecule has 0 saturated carbocycles. The molecule has 11 atom stereocenters. The SMILES string of the molecule is CC(C)CC1NC(=O)N(C)C(=O)[C@H](CCC(=O)N=O)N=NC(=O)[C@H](CC(C)C)N(C)C(=O)C(Cc2ccccc2)N(C)C(=O)C(C)N(C)C(=O)C(C(C)C)NC(=O)C(C(=O)N(C)[C@@H](Cc2ccccc2)C(=O)N[C@@H](C)C(=O)N2CCCCC2)NC(=O)[C@H](CC(C)C)N(C)C(=O)C(CC(C)C)N(C)C1=O. The van der Waals surface area contributed by atoms with Crippen molar-refractivity contribution in [1.29, 1.82) is 0 Å². The van der Waals surface area contributed by atoms with Crippen LogP contribution in [0.3, 0.4) is 0 Å². The summed E-state index contributed by atoms with van der Waals surface area (Å²) < 4.78 is 0. The third-order valence-corrected chi connectivity index (χ3v) is 19.1. The Balaban J connectivity index is 2.04. The number of carbonyl (C=O) groups is 14. The summed E-state index contributed by atoms with van der Waals surface area (Å²) in [6.07, 6.45) is 0.708. The van der Waals surface area contributed by atoms with Crippen LogP contribution in [0.1, 0.15) is 152 Å². The maximum atomic E-state index is 15.7. The van der Waals surface area contributed by atoms with Crippen molar-refractivity contribution in [1.82, 2.24) is 60.5 Å². The fourth-order valence-electron chi connectivity index (χ4n) is 12.6. The number of amides is 15. The molecule has 1 fully saturated rings. The van der Waals surface area contributed by atoms with Crippen molar-refractivity contribution >= 4 is 82.8 Å². The quantitative estimate of drug-likeness (QED) is 0.0968. The van der Waals surface area contributed by atoms with Crippen LogP contribution in [0.2, 0.25) is 0 Å². The zero-order valence-electron chi connectivity index (χ0n) is 64.2. The van der Waals surface area contributed by atoms with E-state index in [1.54, 1.807) is 135 Å². The van der Waals surface area contributed by atoms with Gasteiger partial charge in [-0.1, -0.05) is 130 Å². The first-order valence-corrected chi connectivity index (χ1v) is 36.0. The largest absolute Gasteiger partial charge is 0.343 e. The molecular weight excluding hydrogens is 1340 g/mol. The Bertz CT molecular complexity index is 3380. The maximum absolute atomic E-state index is 15.7. The fourth-order valence-corrected chi connectivity index (χ4v) is 12.6. The van der Waals surface area contributed by atoms with E-state index in [-0.39, 0.29) is 68.1 Å². The first kappa shape index (κ1) is 87.0. The summed E-state index contributed by atoms with van der Waals surface area (Å²) in [7, 11) is 8.91. The number of nitroso groups, excluding NO2 is 1. The van der Waals surface area contributed by atoms with Crippen LogP contribution in [-0.4, -0.2) is 251 Å². The molecule has 1 saturated heterocycles. The average Bonchev–Trinajstić information content (AvgIpc) is 0.807. The number of piperidine rings is 1. The van der Waals surface area contributed by atoms with Crippen LogP contribution in [-0.2, 0) is 75.2 Å². The number of imide groups is 1. The van der Waals surface area contributed by atoms with Crippen LogP contribution in [0.15, 0.2) is 76.1 Å². The molecule has 2 aromatic carbocycles. The van der Waals surface area contributed by atoms with Crippen molar-refractivity contribution in [3.63, 3.8) is 0 Å². The van der Waals surface area contributed by atoms with E-state index in [2.05, 4.69) is 36.7 Å². The zero-order chi connectivity index (χ0) is 78.3. The van der Waals surface area contributed by atoms with Gasteiger partial charge in [-0.25, -0.2) is 4.79 Å². The lowest BCUT2D eigenvalue weighted by molar-refractivity contribution is -0.152. The van der Waals surface area contributed by atoms with Gasteiger partial charge in [0.05, 0.1) is 0 Å². The number of carbonyl (C=O) groups excluding carboxylic acids is 14. The molecule has 4 rings (SSSR count). The Labute approximate surface area is 612 Å². The normalized spacial score (nSPS) is 23.4. The topological polar surface area (TPSA) is 367 Å². The summed E-state index contributed by atoms with van der Waals surface area (Å²) in [4.78, 5) is 227. The molecule has 0 radical (unpaired) electrons. The molecular formula is C74H113N15O15. The molecule has 0 spiro atoms. The van der Waals surface area contributed by atoms with Crippen molar-refractivity contribution in [2.45, 2.75) is 220 Å². The third-order valence-electron chi connectivity index (χ3n) is 19.1. The van der Waals surface area contributed by atoms with Crippen molar-refractivity contribution in [3.05, 3.63) is 76.7 Å². The molecule has 0 bridgehead atoms. The van der Waals surface area contributed by atoms with Gasteiger partial charge in [-0.2, -0.15) is 5.11 Å². The van der Waals surface area contributed by atoms with E-state index in [1.165, 1.54) is 56.1 Å². The summed E-state index contributed by atoms with van der Waals surface area (Å²) >= 11 is 0. The van der Waals surface area contributed by atoms with Gasteiger partial charge in [-0.3, -0.25) is 67.2 Å². The summed E-state index contributed by atoms with van der Waals surface area (Å²) in [5, 5.41) is 21.0. The smallest absolute Gasteiger partial charge is 0.324 e. The number of nitrogens with zero attached hydrogens (tertiary/aromatic N) is 11. The summed E-state index contributed by atoms with van der Waals surface area (Å²) in [5.74, 6) is -14.1. The monoisotopic (exact) mass is 1450 g/mol. The lowest BCUT2D eigenvalue weighted by atomic mass is 9.96. The number of likely N-dealkylation sites (N-methyl/N-ethyl adjacent to an activating group) is 7. The molecule has 2 aliphatic rings. The summed E-state index contributed by atoms with van der Waals surface area (Å²) in [5.41, 5.74) is 1.15. The van der Waals surface area contributed by atoms with Crippen LogP contribution < -0.4 is 21.3 Å². The predicted octanol–water partition coefficient (Wildman–Crippen LogP) is 4.75. The Morgan fingerprint density at radius 3 is 1.61 bits per heavy atom. The second kappa shape index (κ2) is 40.6. The minimum Gasteiger partial charge on any atom is -0.343 e. The van der Waals surface area contributed by atoms with E-state index in [9.17, 15) is 33.7 Å². The first-order valence-electron chi connectivity index (χ1n) is 36.0. The van der Waals surface area contributed by atoms with Crippen molar-refractivity contribution in [2.75, 3.05) is 62.4 Å². The van der Waals surface area contributed by atoms with Gasteiger partial charge in [0.1, 0.15) is 54.4 Å².